The van der Waals surface area contributed by atoms with Crippen LogP contribution in [0.25, 0.3) is 21.6 Å². The maximum Gasteiger partial charge on any atom is 0.172 e. The van der Waals surface area contributed by atoms with E-state index in [1.165, 1.54) is 5.56 Å². The molecule has 4 rings (SSSR count). The monoisotopic (exact) mass is 317 g/mol. The normalized spacial score (nSPS) is 10.8. The van der Waals surface area contributed by atoms with Crippen LogP contribution in [-0.4, -0.2) is 9.97 Å². The molecule has 0 fully saturated rings. The summed E-state index contributed by atoms with van der Waals surface area (Å²) in [6.07, 6.45) is 0. The predicted octanol–water partition coefficient (Wildman–Crippen LogP) is 5.41. The van der Waals surface area contributed by atoms with Gasteiger partial charge in [-0.1, -0.05) is 36.4 Å². The molecule has 0 spiro atoms. The molecule has 0 saturated carbocycles. The molecule has 0 radical (unpaired) electrons. The quantitative estimate of drug-likeness (QED) is 0.549. The molecule has 0 bridgehead atoms. The third-order valence-corrected chi connectivity index (χ3v) is 4.61. The van der Waals surface area contributed by atoms with Crippen molar-refractivity contribution in [3.05, 3.63) is 71.6 Å². The largest absolute Gasteiger partial charge is 0.339 e. The molecule has 0 amide bonds. The van der Waals surface area contributed by atoms with Crippen LogP contribution in [0.2, 0.25) is 0 Å². The van der Waals surface area contributed by atoms with Crippen molar-refractivity contribution in [3.8, 4) is 10.7 Å². The standard InChI is InChI=1S/C19H15N3S/c1-13-7-2-4-9-15(13)20-18-14-8-3-5-10-16(14)21-19(22-18)17-11-6-12-23-17/h2-12H,1H3,(H,20,21,22). The van der Waals surface area contributed by atoms with Gasteiger partial charge in [-0.3, -0.25) is 0 Å². The van der Waals surface area contributed by atoms with E-state index in [0.717, 1.165) is 33.1 Å². The molecule has 2 heterocycles. The third kappa shape index (κ3) is 2.69. The topological polar surface area (TPSA) is 37.8 Å². The van der Waals surface area contributed by atoms with Crippen LogP contribution >= 0.6 is 11.3 Å². The molecule has 0 saturated heterocycles. The summed E-state index contributed by atoms with van der Waals surface area (Å²) in [5.74, 6) is 1.60. The lowest BCUT2D eigenvalue weighted by atomic mass is 10.2. The molecule has 2 aromatic heterocycles. The number of nitrogens with zero attached hydrogens (tertiary/aromatic N) is 2. The van der Waals surface area contributed by atoms with Gasteiger partial charge in [-0.15, -0.1) is 11.3 Å². The van der Waals surface area contributed by atoms with Gasteiger partial charge in [0.05, 0.1) is 10.4 Å². The number of aryl methyl sites for hydroxylation is 1. The molecule has 2 aromatic carbocycles. The summed E-state index contributed by atoms with van der Waals surface area (Å²) in [6.45, 7) is 2.09. The minimum absolute atomic E-state index is 0.759. The third-order valence-electron chi connectivity index (χ3n) is 3.74. The number of hydrogen-bond acceptors (Lipinski definition) is 4. The summed E-state index contributed by atoms with van der Waals surface area (Å²) in [4.78, 5) is 10.5. The number of aromatic nitrogens is 2. The number of benzene rings is 2. The molecule has 1 N–H and O–H groups in total. The van der Waals surface area contributed by atoms with Crippen molar-refractivity contribution < 1.29 is 0 Å². The highest BCUT2D eigenvalue weighted by Crippen LogP contribution is 2.29. The van der Waals surface area contributed by atoms with Crippen LogP contribution in [0.3, 0.4) is 0 Å². The second-order valence-electron chi connectivity index (χ2n) is 5.33. The van der Waals surface area contributed by atoms with Crippen LogP contribution in [0.4, 0.5) is 11.5 Å². The van der Waals surface area contributed by atoms with Crippen molar-refractivity contribution in [1.29, 1.82) is 0 Å². The summed E-state index contributed by atoms with van der Waals surface area (Å²) >= 11 is 1.65. The summed E-state index contributed by atoms with van der Waals surface area (Å²) in [5, 5.41) is 6.54. The van der Waals surface area contributed by atoms with E-state index in [1.54, 1.807) is 11.3 Å². The van der Waals surface area contributed by atoms with Gasteiger partial charge in [0.25, 0.3) is 0 Å². The molecule has 4 aromatic rings. The first-order valence-corrected chi connectivity index (χ1v) is 8.32. The zero-order chi connectivity index (χ0) is 15.6. The molecule has 112 valence electrons. The van der Waals surface area contributed by atoms with E-state index in [2.05, 4.69) is 24.4 Å². The molecule has 0 aliphatic rings. The van der Waals surface area contributed by atoms with Crippen molar-refractivity contribution in [1.82, 2.24) is 9.97 Å². The summed E-state index contributed by atoms with van der Waals surface area (Å²) in [5.41, 5.74) is 3.20. The Morgan fingerprint density at radius 2 is 1.70 bits per heavy atom. The Morgan fingerprint density at radius 1 is 0.870 bits per heavy atom. The van der Waals surface area contributed by atoms with E-state index >= 15 is 0 Å². The average molecular weight is 317 g/mol. The van der Waals surface area contributed by atoms with Crippen LogP contribution in [0.5, 0.6) is 0 Å². The van der Waals surface area contributed by atoms with Gasteiger partial charge in [0.2, 0.25) is 0 Å². The Kier molecular flexibility index (Phi) is 3.52. The van der Waals surface area contributed by atoms with Gasteiger partial charge < -0.3 is 5.32 Å². The lowest BCUT2D eigenvalue weighted by Crippen LogP contribution is -1.99. The molecule has 4 heteroatoms. The Labute approximate surface area is 138 Å². The molecule has 23 heavy (non-hydrogen) atoms. The highest BCUT2D eigenvalue weighted by molar-refractivity contribution is 7.13. The van der Waals surface area contributed by atoms with Gasteiger partial charge in [0, 0.05) is 11.1 Å². The lowest BCUT2D eigenvalue weighted by molar-refractivity contribution is 1.23. The Hall–Kier alpha value is -2.72. The lowest BCUT2D eigenvalue weighted by Gasteiger charge is -2.12. The van der Waals surface area contributed by atoms with E-state index < -0.39 is 0 Å². The first-order chi connectivity index (χ1) is 11.3. The Bertz CT molecular complexity index is 961. The van der Waals surface area contributed by atoms with Crippen LogP contribution < -0.4 is 5.32 Å². The van der Waals surface area contributed by atoms with Gasteiger partial charge in [0.15, 0.2) is 5.82 Å². The minimum atomic E-state index is 0.759. The summed E-state index contributed by atoms with van der Waals surface area (Å²) in [7, 11) is 0. The molecular formula is C19H15N3S. The number of para-hydroxylation sites is 2. The van der Waals surface area contributed by atoms with Crippen LogP contribution in [0.15, 0.2) is 66.0 Å². The van der Waals surface area contributed by atoms with Gasteiger partial charge in [-0.2, -0.15) is 0 Å². The molecule has 3 nitrogen and oxygen atoms in total. The second kappa shape index (κ2) is 5.82. The van der Waals surface area contributed by atoms with E-state index in [1.807, 2.05) is 53.9 Å². The fourth-order valence-corrected chi connectivity index (χ4v) is 3.19. The molecule has 0 aliphatic carbocycles. The van der Waals surface area contributed by atoms with E-state index in [9.17, 15) is 0 Å². The number of fused-ring (bicyclic) bond motifs is 1. The summed E-state index contributed by atoms with van der Waals surface area (Å²) in [6, 6.07) is 20.4. The summed E-state index contributed by atoms with van der Waals surface area (Å²) < 4.78 is 0. The number of thiophene rings is 1. The first kappa shape index (κ1) is 13.9. The maximum atomic E-state index is 4.77. The molecular weight excluding hydrogens is 302 g/mol. The molecule has 0 atom stereocenters. The van der Waals surface area contributed by atoms with Crippen molar-refractivity contribution in [2.45, 2.75) is 6.92 Å². The number of nitrogens with one attached hydrogen (secondary N) is 1. The minimum Gasteiger partial charge on any atom is -0.339 e. The zero-order valence-electron chi connectivity index (χ0n) is 12.7. The van der Waals surface area contributed by atoms with Gasteiger partial charge in [-0.25, -0.2) is 9.97 Å². The fourth-order valence-electron chi connectivity index (χ4n) is 2.53. The van der Waals surface area contributed by atoms with E-state index in [4.69, 9.17) is 9.97 Å². The zero-order valence-corrected chi connectivity index (χ0v) is 13.5. The van der Waals surface area contributed by atoms with E-state index in [-0.39, 0.29) is 0 Å². The van der Waals surface area contributed by atoms with Crippen molar-refractivity contribution in [3.63, 3.8) is 0 Å². The number of rotatable bonds is 3. The smallest absolute Gasteiger partial charge is 0.172 e. The second-order valence-corrected chi connectivity index (χ2v) is 6.28. The average Bonchev–Trinajstić information content (AvgIpc) is 3.11. The Morgan fingerprint density at radius 3 is 2.52 bits per heavy atom. The highest BCUT2D eigenvalue weighted by Gasteiger charge is 2.10. The number of anilines is 2. The van der Waals surface area contributed by atoms with Gasteiger partial charge in [0.1, 0.15) is 5.82 Å². The van der Waals surface area contributed by atoms with E-state index in [0.29, 0.717) is 0 Å². The SMILES string of the molecule is Cc1ccccc1Nc1nc(-c2cccs2)nc2ccccc12. The van der Waals surface area contributed by atoms with Gasteiger partial charge in [-0.05, 0) is 42.1 Å². The molecule has 0 aliphatic heterocycles. The van der Waals surface area contributed by atoms with Crippen LogP contribution in [0, 0.1) is 6.92 Å². The predicted molar refractivity (Wildman–Crippen MR) is 97.3 cm³/mol. The highest BCUT2D eigenvalue weighted by atomic mass is 32.1. The van der Waals surface area contributed by atoms with Gasteiger partial charge >= 0.3 is 0 Å². The van der Waals surface area contributed by atoms with Crippen molar-refractivity contribution >= 4 is 33.7 Å². The van der Waals surface area contributed by atoms with Crippen molar-refractivity contribution in [2.24, 2.45) is 0 Å². The molecule has 0 unspecified atom stereocenters. The van der Waals surface area contributed by atoms with Crippen molar-refractivity contribution in [2.75, 3.05) is 5.32 Å². The van der Waals surface area contributed by atoms with Crippen LogP contribution in [0.1, 0.15) is 5.56 Å². The van der Waals surface area contributed by atoms with Crippen LogP contribution in [-0.2, 0) is 0 Å². The fraction of sp³-hybridized carbons (Fsp3) is 0.0526. The number of hydrogen-bond donors (Lipinski definition) is 1. The maximum absolute atomic E-state index is 4.77. The Balaban J connectivity index is 1.89. The first-order valence-electron chi connectivity index (χ1n) is 7.44.